The van der Waals surface area contributed by atoms with Crippen molar-refractivity contribution in [3.8, 4) is 0 Å². The van der Waals surface area contributed by atoms with Crippen molar-refractivity contribution in [3.63, 3.8) is 0 Å². The predicted molar refractivity (Wildman–Crippen MR) is 72.4 cm³/mol. The third kappa shape index (κ3) is 3.53. The van der Waals surface area contributed by atoms with E-state index in [9.17, 15) is 8.78 Å². The minimum atomic E-state index is -0.835. The zero-order valence-corrected chi connectivity index (χ0v) is 11.8. The normalized spacial score (nSPS) is 10.7. The van der Waals surface area contributed by atoms with Crippen LogP contribution in [0, 0.1) is 11.6 Å². The van der Waals surface area contributed by atoms with Crippen molar-refractivity contribution < 1.29 is 13.5 Å². The first kappa shape index (κ1) is 14.9. The predicted octanol–water partition coefficient (Wildman–Crippen LogP) is 3.95. The van der Waals surface area contributed by atoms with Crippen molar-refractivity contribution in [1.29, 1.82) is 0 Å². The lowest BCUT2D eigenvalue weighted by Gasteiger charge is -2.10. The molecule has 1 aromatic carbocycles. The SMILES string of the molecule is COCc1nc(Cl)cc(Nc2c(F)cc(F)cc2Cl)n1. The average Bonchev–Trinajstić information content (AvgIpc) is 2.33. The fourth-order valence-electron chi connectivity index (χ4n) is 1.51. The molecule has 0 saturated carbocycles. The number of hydrogen-bond donors (Lipinski definition) is 1. The fraction of sp³-hybridized carbons (Fsp3) is 0.167. The number of anilines is 2. The van der Waals surface area contributed by atoms with E-state index < -0.39 is 11.6 Å². The van der Waals surface area contributed by atoms with Crippen LogP contribution in [0.4, 0.5) is 20.3 Å². The quantitative estimate of drug-likeness (QED) is 0.867. The van der Waals surface area contributed by atoms with Crippen molar-refractivity contribution in [2.24, 2.45) is 0 Å². The lowest BCUT2D eigenvalue weighted by Crippen LogP contribution is -2.03. The Bertz CT molecular complexity index is 617. The van der Waals surface area contributed by atoms with E-state index in [0.717, 1.165) is 6.07 Å². The fourth-order valence-corrected chi connectivity index (χ4v) is 1.95. The zero-order valence-electron chi connectivity index (χ0n) is 10.3. The molecule has 8 heteroatoms. The van der Waals surface area contributed by atoms with Crippen LogP contribution in [0.15, 0.2) is 18.2 Å². The van der Waals surface area contributed by atoms with E-state index in [1.165, 1.54) is 13.2 Å². The molecule has 0 spiro atoms. The van der Waals surface area contributed by atoms with Gasteiger partial charge in [0.25, 0.3) is 0 Å². The molecule has 0 saturated heterocycles. The number of benzene rings is 1. The van der Waals surface area contributed by atoms with E-state index in [4.69, 9.17) is 27.9 Å². The second-order valence-corrected chi connectivity index (χ2v) is 4.59. The highest BCUT2D eigenvalue weighted by atomic mass is 35.5. The summed E-state index contributed by atoms with van der Waals surface area (Å²) in [5, 5.41) is 2.70. The number of halogens is 4. The summed E-state index contributed by atoms with van der Waals surface area (Å²) < 4.78 is 31.5. The highest BCUT2D eigenvalue weighted by Gasteiger charge is 2.12. The third-order valence-corrected chi connectivity index (χ3v) is 2.77. The molecule has 2 aromatic rings. The van der Waals surface area contributed by atoms with Gasteiger partial charge in [0.1, 0.15) is 23.4 Å². The summed E-state index contributed by atoms with van der Waals surface area (Å²) in [7, 11) is 1.48. The lowest BCUT2D eigenvalue weighted by atomic mass is 10.3. The van der Waals surface area contributed by atoms with Crippen LogP contribution >= 0.6 is 23.2 Å². The van der Waals surface area contributed by atoms with E-state index in [-0.39, 0.29) is 28.3 Å². The summed E-state index contributed by atoms with van der Waals surface area (Å²) in [6, 6.07) is 3.10. The van der Waals surface area contributed by atoms with Crippen LogP contribution in [0.25, 0.3) is 0 Å². The number of ether oxygens (including phenoxy) is 1. The Kier molecular flexibility index (Phi) is 4.69. The molecule has 0 radical (unpaired) electrons. The van der Waals surface area contributed by atoms with E-state index in [1.54, 1.807) is 0 Å². The maximum absolute atomic E-state index is 13.7. The van der Waals surface area contributed by atoms with Crippen LogP contribution in [0.3, 0.4) is 0 Å². The van der Waals surface area contributed by atoms with Gasteiger partial charge in [-0.05, 0) is 6.07 Å². The average molecular weight is 320 g/mol. The van der Waals surface area contributed by atoms with Crippen molar-refractivity contribution >= 4 is 34.7 Å². The Hall–Kier alpha value is -1.50. The molecule has 2 rings (SSSR count). The second-order valence-electron chi connectivity index (χ2n) is 3.79. The molecule has 0 fully saturated rings. The lowest BCUT2D eigenvalue weighted by molar-refractivity contribution is 0.178. The number of hydrogen-bond acceptors (Lipinski definition) is 4. The van der Waals surface area contributed by atoms with Crippen molar-refractivity contribution in [2.45, 2.75) is 6.61 Å². The van der Waals surface area contributed by atoms with E-state index in [1.807, 2.05) is 0 Å². The maximum Gasteiger partial charge on any atom is 0.158 e. The third-order valence-electron chi connectivity index (χ3n) is 2.27. The minimum Gasteiger partial charge on any atom is -0.377 e. The van der Waals surface area contributed by atoms with Gasteiger partial charge in [0, 0.05) is 19.2 Å². The summed E-state index contributed by atoms with van der Waals surface area (Å²) in [5.41, 5.74) is -0.0915. The van der Waals surface area contributed by atoms with Gasteiger partial charge in [-0.25, -0.2) is 18.7 Å². The summed E-state index contributed by atoms with van der Waals surface area (Å²) in [6.45, 7) is 0.148. The number of nitrogens with zero attached hydrogens (tertiary/aromatic N) is 2. The summed E-state index contributed by atoms with van der Waals surface area (Å²) in [6.07, 6.45) is 0. The summed E-state index contributed by atoms with van der Waals surface area (Å²) >= 11 is 11.6. The van der Waals surface area contributed by atoms with Crippen LogP contribution in [-0.4, -0.2) is 17.1 Å². The van der Waals surface area contributed by atoms with E-state index >= 15 is 0 Å². The Morgan fingerprint density at radius 1 is 1.20 bits per heavy atom. The van der Waals surface area contributed by atoms with Gasteiger partial charge in [-0.3, -0.25) is 0 Å². The van der Waals surface area contributed by atoms with Crippen LogP contribution in [0.1, 0.15) is 5.82 Å². The smallest absolute Gasteiger partial charge is 0.158 e. The molecule has 0 aliphatic carbocycles. The number of nitrogens with one attached hydrogen (secondary N) is 1. The van der Waals surface area contributed by atoms with Gasteiger partial charge >= 0.3 is 0 Å². The number of methoxy groups -OCH3 is 1. The van der Waals surface area contributed by atoms with Gasteiger partial charge in [-0.15, -0.1) is 0 Å². The molecule has 0 atom stereocenters. The molecule has 0 unspecified atom stereocenters. The highest BCUT2D eigenvalue weighted by molar-refractivity contribution is 6.33. The molecule has 4 nitrogen and oxygen atoms in total. The first-order valence-electron chi connectivity index (χ1n) is 5.43. The summed E-state index contributed by atoms with van der Waals surface area (Å²) in [4.78, 5) is 8.00. The highest BCUT2D eigenvalue weighted by Crippen LogP contribution is 2.29. The van der Waals surface area contributed by atoms with E-state index in [0.29, 0.717) is 11.9 Å². The van der Waals surface area contributed by atoms with E-state index in [2.05, 4.69) is 15.3 Å². The molecule has 1 heterocycles. The number of rotatable bonds is 4. The van der Waals surface area contributed by atoms with Gasteiger partial charge < -0.3 is 10.1 Å². The standard InChI is InChI=1S/C12H9Cl2F2N3O/c1-20-5-11-17-9(14)4-10(18-11)19-12-7(13)2-6(15)3-8(12)16/h2-4H,5H2,1H3,(H,17,18,19). The summed E-state index contributed by atoms with van der Waals surface area (Å²) in [5.74, 6) is -1.05. The van der Waals surface area contributed by atoms with Crippen molar-refractivity contribution in [1.82, 2.24) is 9.97 Å². The molecular weight excluding hydrogens is 311 g/mol. The minimum absolute atomic E-state index is 0.0915. The molecule has 106 valence electrons. The molecule has 20 heavy (non-hydrogen) atoms. The Morgan fingerprint density at radius 2 is 1.95 bits per heavy atom. The second kappa shape index (κ2) is 6.30. The zero-order chi connectivity index (χ0) is 14.7. The molecule has 1 N–H and O–H groups in total. The maximum atomic E-state index is 13.7. The topological polar surface area (TPSA) is 47.0 Å². The largest absolute Gasteiger partial charge is 0.377 e. The molecule has 0 amide bonds. The molecule has 0 aliphatic heterocycles. The molecular formula is C12H9Cl2F2N3O. The Morgan fingerprint density at radius 3 is 2.60 bits per heavy atom. The first-order chi connectivity index (χ1) is 9.49. The van der Waals surface area contributed by atoms with Gasteiger partial charge in [0.05, 0.1) is 10.7 Å². The number of aromatic nitrogens is 2. The Labute approximate surface area is 123 Å². The molecule has 1 aromatic heterocycles. The van der Waals surface area contributed by atoms with Gasteiger partial charge in [0.15, 0.2) is 11.6 Å². The van der Waals surface area contributed by atoms with Gasteiger partial charge in [-0.2, -0.15) is 0 Å². The monoisotopic (exact) mass is 319 g/mol. The van der Waals surface area contributed by atoms with Crippen LogP contribution < -0.4 is 5.32 Å². The van der Waals surface area contributed by atoms with Gasteiger partial charge in [0.2, 0.25) is 0 Å². The first-order valence-corrected chi connectivity index (χ1v) is 6.19. The van der Waals surface area contributed by atoms with Crippen LogP contribution in [0.5, 0.6) is 0 Å². The Balaban J connectivity index is 2.35. The van der Waals surface area contributed by atoms with Crippen molar-refractivity contribution in [2.75, 3.05) is 12.4 Å². The van der Waals surface area contributed by atoms with Crippen molar-refractivity contribution in [3.05, 3.63) is 45.8 Å². The molecule has 0 bridgehead atoms. The van der Waals surface area contributed by atoms with Crippen LogP contribution in [-0.2, 0) is 11.3 Å². The van der Waals surface area contributed by atoms with Gasteiger partial charge in [-0.1, -0.05) is 23.2 Å². The molecule has 0 aliphatic rings. The van der Waals surface area contributed by atoms with Crippen LogP contribution in [0.2, 0.25) is 10.2 Å².